The number of benzene rings is 1. The molecule has 1 N–H and O–H groups in total. The van der Waals surface area contributed by atoms with Crippen LogP contribution in [0.4, 0.5) is 5.69 Å². The number of aliphatic hydroxyl groups excluding tert-OH is 1. The van der Waals surface area contributed by atoms with E-state index in [-0.39, 0.29) is 11.9 Å². The van der Waals surface area contributed by atoms with Crippen LogP contribution in [0, 0.1) is 5.92 Å². The summed E-state index contributed by atoms with van der Waals surface area (Å²) in [6, 6.07) is 6.27. The summed E-state index contributed by atoms with van der Waals surface area (Å²) in [5, 5.41) is 10.6. The van der Waals surface area contributed by atoms with Crippen molar-refractivity contribution in [2.75, 3.05) is 24.5 Å². The third-order valence-electron chi connectivity index (χ3n) is 5.22. The molecule has 0 radical (unpaired) electrons. The quantitative estimate of drug-likeness (QED) is 0.932. The van der Waals surface area contributed by atoms with Crippen LogP contribution in [-0.2, 0) is 11.2 Å². The highest BCUT2D eigenvalue weighted by molar-refractivity contribution is 5.94. The minimum absolute atomic E-state index is 0.0897. The highest BCUT2D eigenvalue weighted by atomic mass is 16.3. The Labute approximate surface area is 139 Å². The summed E-state index contributed by atoms with van der Waals surface area (Å²) < 4.78 is 0. The fourth-order valence-electron chi connectivity index (χ4n) is 4.14. The van der Waals surface area contributed by atoms with Gasteiger partial charge in [-0.25, -0.2) is 0 Å². The summed E-state index contributed by atoms with van der Waals surface area (Å²) >= 11 is 0. The average Bonchev–Trinajstić information content (AvgIpc) is 2.82. The van der Waals surface area contributed by atoms with Crippen molar-refractivity contribution in [3.63, 3.8) is 0 Å². The number of amides is 1. The van der Waals surface area contributed by atoms with E-state index in [0.717, 1.165) is 36.7 Å². The van der Waals surface area contributed by atoms with Crippen LogP contribution in [-0.4, -0.2) is 41.6 Å². The summed E-state index contributed by atoms with van der Waals surface area (Å²) in [6.07, 6.45) is 2.94. The minimum atomic E-state index is -0.452. The van der Waals surface area contributed by atoms with E-state index in [1.807, 2.05) is 17.0 Å². The van der Waals surface area contributed by atoms with Crippen molar-refractivity contribution < 1.29 is 9.90 Å². The number of piperidine rings is 1. The lowest BCUT2D eigenvalue weighted by atomic mass is 9.98. The Hall–Kier alpha value is -1.39. The third-order valence-corrected chi connectivity index (χ3v) is 5.22. The minimum Gasteiger partial charge on any atom is -0.387 e. The van der Waals surface area contributed by atoms with Gasteiger partial charge in [-0.2, -0.15) is 0 Å². The number of rotatable bonds is 3. The molecule has 0 saturated carbocycles. The number of nitrogens with zero attached hydrogens (tertiary/aromatic N) is 2. The van der Waals surface area contributed by atoms with E-state index in [2.05, 4.69) is 24.8 Å². The van der Waals surface area contributed by atoms with Gasteiger partial charge in [-0.1, -0.05) is 19.1 Å². The maximum absolute atomic E-state index is 11.8. The highest BCUT2D eigenvalue weighted by Gasteiger charge is 2.29. The molecule has 2 aliphatic heterocycles. The molecular formula is C19H28N2O2. The fourth-order valence-corrected chi connectivity index (χ4v) is 4.14. The molecule has 3 rings (SSSR count). The Morgan fingerprint density at radius 3 is 2.87 bits per heavy atom. The molecule has 2 heterocycles. The van der Waals surface area contributed by atoms with E-state index in [1.54, 1.807) is 6.92 Å². The van der Waals surface area contributed by atoms with E-state index in [9.17, 15) is 9.90 Å². The van der Waals surface area contributed by atoms with Crippen molar-refractivity contribution in [2.45, 2.75) is 52.2 Å². The van der Waals surface area contributed by atoms with E-state index in [0.29, 0.717) is 6.54 Å². The van der Waals surface area contributed by atoms with Gasteiger partial charge in [0, 0.05) is 31.7 Å². The van der Waals surface area contributed by atoms with Crippen LogP contribution >= 0.6 is 0 Å². The number of fused-ring (bicyclic) bond motifs is 1. The van der Waals surface area contributed by atoms with E-state index in [4.69, 9.17) is 0 Å². The number of carbonyl (C=O) groups excluding carboxylic acids is 1. The van der Waals surface area contributed by atoms with Gasteiger partial charge < -0.3 is 14.9 Å². The lowest BCUT2D eigenvalue weighted by Gasteiger charge is -2.32. The van der Waals surface area contributed by atoms with Gasteiger partial charge in [0.25, 0.3) is 0 Å². The van der Waals surface area contributed by atoms with Crippen LogP contribution in [0.5, 0.6) is 0 Å². The summed E-state index contributed by atoms with van der Waals surface area (Å²) in [5.41, 5.74) is 3.16. The molecule has 0 bridgehead atoms. The summed E-state index contributed by atoms with van der Waals surface area (Å²) in [4.78, 5) is 16.0. The average molecular weight is 316 g/mol. The predicted octanol–water partition coefficient (Wildman–Crippen LogP) is 2.75. The van der Waals surface area contributed by atoms with Gasteiger partial charge in [0.1, 0.15) is 0 Å². The van der Waals surface area contributed by atoms with E-state index >= 15 is 0 Å². The van der Waals surface area contributed by atoms with Crippen molar-refractivity contribution >= 4 is 11.6 Å². The third kappa shape index (κ3) is 3.43. The van der Waals surface area contributed by atoms with Crippen LogP contribution in [0.3, 0.4) is 0 Å². The zero-order valence-corrected chi connectivity index (χ0v) is 14.5. The largest absolute Gasteiger partial charge is 0.387 e. The number of carbonyl (C=O) groups is 1. The van der Waals surface area contributed by atoms with Crippen molar-refractivity contribution in [1.82, 2.24) is 4.90 Å². The molecule has 0 aliphatic carbocycles. The van der Waals surface area contributed by atoms with Crippen molar-refractivity contribution in [3.05, 3.63) is 29.3 Å². The Bertz CT molecular complexity index is 587. The molecule has 1 saturated heterocycles. The topological polar surface area (TPSA) is 43.8 Å². The molecule has 1 amide bonds. The summed E-state index contributed by atoms with van der Waals surface area (Å²) in [5.74, 6) is 0.813. The maximum Gasteiger partial charge on any atom is 0.224 e. The molecule has 2 aliphatic rings. The van der Waals surface area contributed by atoms with Gasteiger partial charge in [0.2, 0.25) is 5.91 Å². The first kappa shape index (κ1) is 16.5. The molecule has 3 unspecified atom stereocenters. The molecule has 0 spiro atoms. The van der Waals surface area contributed by atoms with Crippen LogP contribution < -0.4 is 4.90 Å². The van der Waals surface area contributed by atoms with Crippen LogP contribution in [0.15, 0.2) is 18.2 Å². The van der Waals surface area contributed by atoms with Crippen LogP contribution in [0.1, 0.15) is 50.8 Å². The standard InChI is InChI=1S/C19H28N2O2/c1-13-5-4-8-20(11-13)12-19(23)16-6-7-18-17(10-16)9-14(2)21(18)15(3)22/h6-7,10,13-14,19,23H,4-5,8-9,11-12H2,1-3H3. The highest BCUT2D eigenvalue weighted by Crippen LogP contribution is 2.34. The second-order valence-corrected chi connectivity index (χ2v) is 7.35. The Balaban J connectivity index is 1.72. The van der Waals surface area contributed by atoms with Gasteiger partial charge in [-0.3, -0.25) is 4.79 Å². The Morgan fingerprint density at radius 1 is 1.39 bits per heavy atom. The van der Waals surface area contributed by atoms with Crippen molar-refractivity contribution in [1.29, 1.82) is 0 Å². The van der Waals surface area contributed by atoms with Gasteiger partial charge in [-0.05, 0) is 55.8 Å². The van der Waals surface area contributed by atoms with Crippen LogP contribution in [0.2, 0.25) is 0 Å². The smallest absolute Gasteiger partial charge is 0.224 e. The lowest BCUT2D eigenvalue weighted by molar-refractivity contribution is -0.116. The predicted molar refractivity (Wildman–Crippen MR) is 92.6 cm³/mol. The van der Waals surface area contributed by atoms with Gasteiger partial charge in [-0.15, -0.1) is 0 Å². The first-order chi connectivity index (χ1) is 11.0. The van der Waals surface area contributed by atoms with Crippen LogP contribution in [0.25, 0.3) is 0 Å². The molecule has 4 nitrogen and oxygen atoms in total. The molecule has 1 aromatic carbocycles. The molecule has 23 heavy (non-hydrogen) atoms. The molecule has 1 fully saturated rings. The SMILES string of the molecule is CC(=O)N1c2ccc(C(O)CN3CCCC(C)C3)cc2CC1C. The number of aliphatic hydroxyl groups is 1. The molecule has 0 aromatic heterocycles. The number of anilines is 1. The normalized spacial score (nSPS) is 26.2. The summed E-state index contributed by atoms with van der Waals surface area (Å²) in [7, 11) is 0. The molecule has 3 atom stereocenters. The zero-order valence-electron chi connectivity index (χ0n) is 14.5. The zero-order chi connectivity index (χ0) is 16.6. The molecular weight excluding hydrogens is 288 g/mol. The van der Waals surface area contributed by atoms with Gasteiger partial charge >= 0.3 is 0 Å². The first-order valence-electron chi connectivity index (χ1n) is 8.78. The fraction of sp³-hybridized carbons (Fsp3) is 0.632. The maximum atomic E-state index is 11.8. The summed E-state index contributed by atoms with van der Waals surface area (Å²) in [6.45, 7) is 8.85. The number of β-amino-alcohol motifs (C(OH)–C–C–N with tert-alkyl or cyclic N) is 1. The van der Waals surface area contributed by atoms with Gasteiger partial charge in [0.15, 0.2) is 0 Å². The van der Waals surface area contributed by atoms with E-state index < -0.39 is 6.10 Å². The lowest BCUT2D eigenvalue weighted by Crippen LogP contribution is -2.37. The van der Waals surface area contributed by atoms with Crippen molar-refractivity contribution in [3.8, 4) is 0 Å². The Kier molecular flexibility index (Phi) is 4.74. The monoisotopic (exact) mass is 316 g/mol. The first-order valence-corrected chi connectivity index (χ1v) is 8.78. The Morgan fingerprint density at radius 2 is 2.17 bits per heavy atom. The molecule has 126 valence electrons. The number of hydrogen-bond acceptors (Lipinski definition) is 3. The van der Waals surface area contributed by atoms with E-state index in [1.165, 1.54) is 18.4 Å². The van der Waals surface area contributed by atoms with Crippen molar-refractivity contribution in [2.24, 2.45) is 5.92 Å². The number of likely N-dealkylation sites (tertiary alicyclic amines) is 1. The second kappa shape index (κ2) is 6.62. The second-order valence-electron chi connectivity index (χ2n) is 7.35. The number of hydrogen-bond donors (Lipinski definition) is 1. The van der Waals surface area contributed by atoms with Gasteiger partial charge in [0.05, 0.1) is 6.10 Å². The molecule has 1 aromatic rings. The molecule has 4 heteroatoms.